The number of nitrogens with zero attached hydrogens (tertiary/aromatic N) is 6. The van der Waals surface area contributed by atoms with Gasteiger partial charge in [-0.25, -0.2) is 19.8 Å². The van der Waals surface area contributed by atoms with Crippen molar-refractivity contribution in [3.8, 4) is 0 Å². The summed E-state index contributed by atoms with van der Waals surface area (Å²) < 4.78 is 5.45. The van der Waals surface area contributed by atoms with Crippen LogP contribution in [0.1, 0.15) is 75.0 Å². The fourth-order valence-corrected chi connectivity index (χ4v) is 5.51. The molecule has 4 heterocycles. The van der Waals surface area contributed by atoms with Gasteiger partial charge in [0.25, 0.3) is 5.91 Å². The van der Waals surface area contributed by atoms with Crippen LogP contribution in [0.5, 0.6) is 0 Å². The molecule has 218 valence electrons. The Bertz CT molecular complexity index is 1260. The van der Waals surface area contributed by atoms with Crippen LogP contribution in [-0.4, -0.2) is 81.8 Å². The van der Waals surface area contributed by atoms with Gasteiger partial charge in [-0.3, -0.25) is 9.59 Å². The van der Waals surface area contributed by atoms with Crippen LogP contribution in [0.15, 0.2) is 47.7 Å². The van der Waals surface area contributed by atoms with Gasteiger partial charge in [-0.05, 0) is 58.1 Å². The number of piperidine rings is 2. The van der Waals surface area contributed by atoms with E-state index >= 15 is 0 Å². The molecule has 2 saturated heterocycles. The van der Waals surface area contributed by atoms with Gasteiger partial charge in [-0.1, -0.05) is 30.3 Å². The molecule has 0 unspecified atom stereocenters. The molecule has 1 aromatic carbocycles. The maximum Gasteiger partial charge on any atom is 0.410 e. The lowest BCUT2D eigenvalue weighted by atomic mass is 9.94. The zero-order valence-electron chi connectivity index (χ0n) is 24.0. The number of hydrogen-bond acceptors (Lipinski definition) is 8. The topological polar surface area (TPSA) is 120 Å². The molecule has 2 fully saturated rings. The molecule has 0 radical (unpaired) electrons. The quantitative estimate of drug-likeness (QED) is 0.590. The van der Waals surface area contributed by atoms with Gasteiger partial charge < -0.3 is 19.9 Å². The molecule has 11 heteroatoms. The van der Waals surface area contributed by atoms with Crippen LogP contribution in [0.4, 0.5) is 10.7 Å². The molecule has 11 nitrogen and oxygen atoms in total. The van der Waals surface area contributed by atoms with Crippen molar-refractivity contribution in [1.29, 1.82) is 0 Å². The standard InChI is InChI=1S/C30H39N7O4/c1-30(2,3)41-29(40)36-19-13-23(14-20-36)33-26(38)24-9-15-31-28(34-24)35-17-11-22(12-18-35)27(39)37-25(10-16-32-37)21-7-5-4-6-8-21/h4-9,15-16,22-23,25H,10-14,17-20H2,1-3H3,(H,33,38)/t25-/m0/s1. The van der Waals surface area contributed by atoms with E-state index in [0.29, 0.717) is 63.5 Å². The number of carbonyl (C=O) groups excluding carboxylic acids is 3. The number of hydrazone groups is 1. The molecule has 3 aliphatic heterocycles. The van der Waals surface area contributed by atoms with E-state index in [1.54, 1.807) is 22.2 Å². The van der Waals surface area contributed by atoms with Gasteiger partial charge in [-0.15, -0.1) is 0 Å². The van der Waals surface area contributed by atoms with Crippen molar-refractivity contribution < 1.29 is 19.1 Å². The van der Waals surface area contributed by atoms with E-state index in [9.17, 15) is 14.4 Å². The Labute approximate surface area is 241 Å². The zero-order valence-corrected chi connectivity index (χ0v) is 24.0. The number of nitrogens with one attached hydrogen (secondary N) is 1. The van der Waals surface area contributed by atoms with E-state index in [4.69, 9.17) is 4.74 Å². The summed E-state index contributed by atoms with van der Waals surface area (Å²) in [5.74, 6) is 0.169. The van der Waals surface area contributed by atoms with Gasteiger partial charge in [0.05, 0.1) is 6.04 Å². The fraction of sp³-hybridized carbons (Fsp3) is 0.533. The lowest BCUT2D eigenvalue weighted by Crippen LogP contribution is -2.48. The Morgan fingerprint density at radius 2 is 1.66 bits per heavy atom. The Morgan fingerprint density at radius 1 is 0.951 bits per heavy atom. The summed E-state index contributed by atoms with van der Waals surface area (Å²) >= 11 is 0. The molecular formula is C30H39N7O4. The van der Waals surface area contributed by atoms with E-state index in [1.165, 1.54) is 0 Å². The van der Waals surface area contributed by atoms with Crippen LogP contribution in [0.25, 0.3) is 0 Å². The van der Waals surface area contributed by atoms with E-state index in [1.807, 2.05) is 62.2 Å². The minimum Gasteiger partial charge on any atom is -0.444 e. The second kappa shape index (κ2) is 12.2. The molecule has 0 bridgehead atoms. The van der Waals surface area contributed by atoms with Gasteiger partial charge in [0.15, 0.2) is 0 Å². The van der Waals surface area contributed by atoms with Crippen LogP contribution in [0.2, 0.25) is 0 Å². The number of benzene rings is 1. The number of hydrogen-bond donors (Lipinski definition) is 1. The lowest BCUT2D eigenvalue weighted by molar-refractivity contribution is -0.138. The zero-order chi connectivity index (χ0) is 29.0. The molecule has 5 rings (SSSR count). The smallest absolute Gasteiger partial charge is 0.410 e. The number of rotatable bonds is 5. The number of amides is 3. The average molecular weight is 562 g/mol. The highest BCUT2D eigenvalue weighted by molar-refractivity contribution is 5.92. The van der Waals surface area contributed by atoms with Crippen LogP contribution in [0, 0.1) is 5.92 Å². The molecule has 0 saturated carbocycles. The Balaban J connectivity index is 1.12. The van der Waals surface area contributed by atoms with E-state index in [-0.39, 0.29) is 35.9 Å². The monoisotopic (exact) mass is 561 g/mol. The SMILES string of the molecule is CC(C)(C)OC(=O)N1CCC(NC(=O)c2ccnc(N3CCC(C(=O)N4N=CC[C@H]4c4ccccc4)CC3)n2)CC1. The fourth-order valence-electron chi connectivity index (χ4n) is 5.51. The first kappa shape index (κ1) is 28.5. The minimum absolute atomic E-state index is 0.0469. The van der Waals surface area contributed by atoms with Crippen molar-refractivity contribution in [2.75, 3.05) is 31.1 Å². The molecule has 2 aromatic rings. The van der Waals surface area contributed by atoms with Crippen molar-refractivity contribution in [1.82, 2.24) is 25.2 Å². The second-order valence-electron chi connectivity index (χ2n) is 11.9. The maximum atomic E-state index is 13.4. The molecule has 3 amide bonds. The van der Waals surface area contributed by atoms with Gasteiger partial charge in [-0.2, -0.15) is 5.10 Å². The van der Waals surface area contributed by atoms with Gasteiger partial charge in [0.1, 0.15) is 11.3 Å². The van der Waals surface area contributed by atoms with Gasteiger partial charge in [0.2, 0.25) is 11.9 Å². The van der Waals surface area contributed by atoms with Crippen molar-refractivity contribution in [3.05, 3.63) is 53.9 Å². The molecule has 41 heavy (non-hydrogen) atoms. The highest BCUT2D eigenvalue weighted by atomic mass is 16.6. The largest absolute Gasteiger partial charge is 0.444 e. The maximum absolute atomic E-state index is 13.4. The molecule has 0 aliphatic carbocycles. The summed E-state index contributed by atoms with van der Waals surface area (Å²) in [6, 6.07) is 11.5. The number of likely N-dealkylation sites (tertiary alicyclic amines) is 1. The van der Waals surface area contributed by atoms with Crippen LogP contribution in [-0.2, 0) is 9.53 Å². The van der Waals surface area contributed by atoms with E-state index in [2.05, 4.69) is 20.4 Å². The number of ether oxygens (including phenoxy) is 1. The summed E-state index contributed by atoms with van der Waals surface area (Å²) in [5.41, 5.74) is 0.860. The normalized spacial score (nSPS) is 20.3. The van der Waals surface area contributed by atoms with Crippen molar-refractivity contribution >= 4 is 30.1 Å². The number of anilines is 1. The molecule has 3 aliphatic rings. The Morgan fingerprint density at radius 3 is 2.34 bits per heavy atom. The van der Waals surface area contributed by atoms with Gasteiger partial charge in [0, 0.05) is 57.0 Å². The third kappa shape index (κ3) is 7.01. The van der Waals surface area contributed by atoms with E-state index in [0.717, 1.165) is 12.0 Å². The van der Waals surface area contributed by atoms with Crippen LogP contribution in [0.3, 0.4) is 0 Å². The third-order valence-corrected chi connectivity index (χ3v) is 7.72. The number of carbonyl (C=O) groups is 3. The summed E-state index contributed by atoms with van der Waals surface area (Å²) in [6.45, 7) is 7.84. The molecule has 1 aromatic heterocycles. The predicted molar refractivity (Wildman–Crippen MR) is 154 cm³/mol. The first-order chi connectivity index (χ1) is 19.7. The summed E-state index contributed by atoms with van der Waals surface area (Å²) in [7, 11) is 0. The third-order valence-electron chi connectivity index (χ3n) is 7.72. The lowest BCUT2D eigenvalue weighted by Gasteiger charge is -2.34. The van der Waals surface area contributed by atoms with Gasteiger partial charge >= 0.3 is 6.09 Å². The molecule has 0 spiro atoms. The van der Waals surface area contributed by atoms with Crippen molar-refractivity contribution in [2.45, 2.75) is 70.6 Å². The Kier molecular flexibility index (Phi) is 8.51. The molecule has 1 atom stereocenters. The predicted octanol–water partition coefficient (Wildman–Crippen LogP) is 3.78. The highest BCUT2D eigenvalue weighted by Crippen LogP contribution is 2.32. The Hall–Kier alpha value is -4.02. The van der Waals surface area contributed by atoms with Crippen LogP contribution >= 0.6 is 0 Å². The summed E-state index contributed by atoms with van der Waals surface area (Å²) in [5, 5.41) is 9.10. The first-order valence-electron chi connectivity index (χ1n) is 14.4. The van der Waals surface area contributed by atoms with E-state index < -0.39 is 5.60 Å². The molecular weight excluding hydrogens is 522 g/mol. The molecule has 1 N–H and O–H groups in total. The van der Waals surface area contributed by atoms with Crippen LogP contribution < -0.4 is 10.2 Å². The summed E-state index contributed by atoms with van der Waals surface area (Å²) in [6.07, 6.45) is 6.46. The van der Waals surface area contributed by atoms with Crippen molar-refractivity contribution in [2.24, 2.45) is 11.0 Å². The average Bonchev–Trinajstić information content (AvgIpc) is 3.47. The first-order valence-corrected chi connectivity index (χ1v) is 14.4. The summed E-state index contributed by atoms with van der Waals surface area (Å²) in [4.78, 5) is 51.3. The second-order valence-corrected chi connectivity index (χ2v) is 11.9. The number of aromatic nitrogens is 2. The van der Waals surface area contributed by atoms with Crippen molar-refractivity contribution in [3.63, 3.8) is 0 Å². The highest BCUT2D eigenvalue weighted by Gasteiger charge is 2.35. The minimum atomic E-state index is -0.536.